The summed E-state index contributed by atoms with van der Waals surface area (Å²) in [6.45, 7) is 17.3. The molecule has 1 heterocycles. The van der Waals surface area contributed by atoms with Crippen molar-refractivity contribution < 1.29 is 14.4 Å². The van der Waals surface area contributed by atoms with Crippen molar-refractivity contribution in [3.05, 3.63) is 83.3 Å². The second-order valence-electron chi connectivity index (χ2n) is 8.43. The number of terminal acetylenes is 1. The molecule has 0 bridgehead atoms. The number of amides is 3. The molecule has 0 aliphatic carbocycles. The van der Waals surface area contributed by atoms with Gasteiger partial charge < -0.3 is 21.5 Å². The van der Waals surface area contributed by atoms with Gasteiger partial charge in [0.25, 0.3) is 5.65 Å². The summed E-state index contributed by atoms with van der Waals surface area (Å²) < 4.78 is 0. The number of thioether (sulfide) groups is 1. The molecule has 2 atom stereocenters. The van der Waals surface area contributed by atoms with Crippen LogP contribution in [0, 0.1) is 12.3 Å². The lowest BCUT2D eigenvalue weighted by molar-refractivity contribution is -0.118. The standard InChI is InChI=1S/C17H21N4O3P.C10H14S.C3H4.3C2H6/c1-12(19-11-22)20-17(24)25(21-16(23)9-18)10-13-6-7-14-4-2-3-5-15(14)8-13;1-10-7-5-3-2-4-6-8-11-9-10;1-3-2;3*1-2/h2-8,11-12H,9-10,18H2,1H3,(H,19,22)(H,20,24)(H,21,23);3-6,9H,2,7-8H2,1H3;1H,2H3;3*1-2H3/b;5-3-,6-4-,10-9-;;;;/t12-,25?;;;;;/m1...../s1. The number of carbonyl (C=O) groups excluding carboxylic acids is 3. The summed E-state index contributed by atoms with van der Waals surface area (Å²) in [5.74, 6) is 2.98. The van der Waals surface area contributed by atoms with Crippen LogP contribution in [0.1, 0.15) is 80.7 Å². The van der Waals surface area contributed by atoms with E-state index in [2.05, 4.69) is 64.7 Å². The van der Waals surface area contributed by atoms with Crippen molar-refractivity contribution in [1.29, 1.82) is 0 Å². The molecule has 0 fully saturated rings. The smallest absolute Gasteiger partial charge is 0.263 e. The molecule has 1 aliphatic rings. The number of hydrogen-bond acceptors (Lipinski definition) is 5. The van der Waals surface area contributed by atoms with Crippen LogP contribution in [-0.2, 0) is 15.8 Å². The van der Waals surface area contributed by atoms with Crippen molar-refractivity contribution in [2.45, 2.75) is 87.5 Å². The molecule has 0 spiro atoms. The first-order chi connectivity index (χ1) is 21.8. The number of nitrogens with two attached hydrogens (primary N) is 1. The maximum Gasteiger partial charge on any atom is 0.263 e. The van der Waals surface area contributed by atoms with Gasteiger partial charge in [0, 0.05) is 11.9 Å². The van der Waals surface area contributed by atoms with Crippen molar-refractivity contribution in [3.63, 3.8) is 0 Å². The Morgan fingerprint density at radius 3 is 2.22 bits per heavy atom. The molecule has 9 heteroatoms. The van der Waals surface area contributed by atoms with Crippen LogP contribution >= 0.6 is 19.8 Å². The molecule has 0 aromatic heterocycles. The fourth-order valence-electron chi connectivity index (χ4n) is 3.19. The SMILES string of the molecule is C#CC.C/C1=C/SC/C=C\C/C=C\C1.CC.CC.CC.C[C@H](NC=O)NC(=O)P(Cc1ccc2ccccc2c1)NC(=O)CN. The third-order valence-electron chi connectivity index (χ3n) is 5.03. The highest BCUT2D eigenvalue weighted by molar-refractivity contribution is 8.02. The number of benzene rings is 2. The van der Waals surface area contributed by atoms with Gasteiger partial charge in [0.2, 0.25) is 12.3 Å². The molecule has 7 nitrogen and oxygen atoms in total. The van der Waals surface area contributed by atoms with E-state index in [1.54, 1.807) is 13.8 Å². The third-order valence-corrected chi connectivity index (χ3v) is 7.80. The van der Waals surface area contributed by atoms with Crippen molar-refractivity contribution in [3.8, 4) is 12.3 Å². The highest BCUT2D eigenvalue weighted by atomic mass is 32.2. The van der Waals surface area contributed by atoms with Crippen molar-refractivity contribution in [2.24, 2.45) is 5.73 Å². The summed E-state index contributed by atoms with van der Waals surface area (Å²) in [5, 5.41) is 12.2. The van der Waals surface area contributed by atoms with Gasteiger partial charge in [-0.25, -0.2) is 0 Å². The average Bonchev–Trinajstić information content (AvgIpc) is 3.07. The van der Waals surface area contributed by atoms with Gasteiger partial charge in [-0.2, -0.15) is 0 Å². The Labute approximate surface area is 279 Å². The molecule has 3 amide bonds. The molecular weight excluding hydrogens is 599 g/mol. The van der Waals surface area contributed by atoms with Crippen LogP contribution in [0.4, 0.5) is 4.79 Å². The minimum absolute atomic E-state index is 0.189. The van der Waals surface area contributed by atoms with Gasteiger partial charge in [-0.05, 0) is 55.4 Å². The van der Waals surface area contributed by atoms with Crippen molar-refractivity contribution >= 4 is 48.6 Å². The van der Waals surface area contributed by atoms with Gasteiger partial charge in [0.05, 0.1) is 20.8 Å². The number of rotatable bonds is 8. The Bertz CT molecular complexity index is 1190. The van der Waals surface area contributed by atoms with E-state index < -0.39 is 20.1 Å². The fourth-order valence-corrected chi connectivity index (χ4v) is 5.54. The van der Waals surface area contributed by atoms with Crippen molar-refractivity contribution in [2.75, 3.05) is 12.3 Å². The van der Waals surface area contributed by atoms with E-state index >= 15 is 0 Å². The van der Waals surface area contributed by atoms with Crippen LogP contribution in [0.15, 0.2) is 77.7 Å². The van der Waals surface area contributed by atoms with E-state index in [1.165, 1.54) is 5.57 Å². The zero-order valence-corrected chi connectivity index (χ0v) is 30.6. The zero-order valence-electron chi connectivity index (χ0n) is 28.9. The topological polar surface area (TPSA) is 113 Å². The van der Waals surface area contributed by atoms with E-state index in [4.69, 9.17) is 5.73 Å². The van der Waals surface area contributed by atoms with Gasteiger partial charge in [0.15, 0.2) is 0 Å². The molecule has 2 aromatic rings. The van der Waals surface area contributed by atoms with Gasteiger partial charge in [-0.15, -0.1) is 24.1 Å². The van der Waals surface area contributed by atoms with E-state index in [1.807, 2.05) is 95.8 Å². The number of hydrogen-bond donors (Lipinski definition) is 4. The number of allylic oxidation sites excluding steroid dienone is 4. The average molecular weight is 657 g/mol. The normalized spacial score (nSPS) is 15.1. The predicted octanol–water partition coefficient (Wildman–Crippen LogP) is 8.86. The van der Waals surface area contributed by atoms with Crippen molar-refractivity contribution in [1.82, 2.24) is 15.7 Å². The van der Waals surface area contributed by atoms with Gasteiger partial charge in [0.1, 0.15) is 0 Å². The first-order valence-electron chi connectivity index (χ1n) is 15.5. The lowest BCUT2D eigenvalue weighted by Crippen LogP contribution is -2.43. The quantitative estimate of drug-likeness (QED) is 0.0745. The van der Waals surface area contributed by atoms with E-state index in [-0.39, 0.29) is 12.2 Å². The highest BCUT2D eigenvalue weighted by Gasteiger charge is 2.22. The number of fused-ring (bicyclic) bond motifs is 1. The van der Waals surface area contributed by atoms with Crippen LogP contribution in [0.2, 0.25) is 0 Å². The maximum atomic E-state index is 12.5. The minimum atomic E-state index is -1.53. The zero-order chi connectivity index (χ0) is 34.9. The van der Waals surface area contributed by atoms with Crippen LogP contribution in [0.3, 0.4) is 0 Å². The fraction of sp³-hybridized carbons (Fsp3) is 0.417. The largest absolute Gasteiger partial charge is 0.339 e. The number of carbonyl (C=O) groups is 3. The minimum Gasteiger partial charge on any atom is -0.339 e. The summed E-state index contributed by atoms with van der Waals surface area (Å²) >= 11 is 1.88. The Kier molecular flexibility index (Phi) is 34.3. The van der Waals surface area contributed by atoms with Crippen LogP contribution in [0.25, 0.3) is 10.8 Å². The molecule has 0 radical (unpaired) electrons. The van der Waals surface area contributed by atoms with E-state index in [0.717, 1.165) is 34.9 Å². The van der Waals surface area contributed by atoms with Gasteiger partial charge >= 0.3 is 0 Å². The summed E-state index contributed by atoms with van der Waals surface area (Å²) in [6.07, 6.45) is 16.1. The van der Waals surface area contributed by atoms with Crippen LogP contribution in [-0.4, -0.2) is 36.4 Å². The van der Waals surface area contributed by atoms with E-state index in [0.29, 0.717) is 12.6 Å². The first-order valence-corrected chi connectivity index (χ1v) is 18.1. The highest BCUT2D eigenvalue weighted by Crippen LogP contribution is 2.36. The Balaban J connectivity index is -0.000000731. The molecule has 0 saturated carbocycles. The molecule has 2 aromatic carbocycles. The van der Waals surface area contributed by atoms with Crippen LogP contribution < -0.4 is 21.5 Å². The number of nitrogens with one attached hydrogen (secondary N) is 3. The summed E-state index contributed by atoms with van der Waals surface area (Å²) in [4.78, 5) is 34.6. The molecular formula is C36H57N4O3PS. The monoisotopic (exact) mass is 656 g/mol. The molecule has 1 unspecified atom stereocenters. The molecule has 250 valence electrons. The lowest BCUT2D eigenvalue weighted by Gasteiger charge is -2.21. The second-order valence-corrected chi connectivity index (χ2v) is 11.1. The van der Waals surface area contributed by atoms with Crippen LogP contribution in [0.5, 0.6) is 0 Å². The summed E-state index contributed by atoms with van der Waals surface area (Å²) in [5.41, 5.74) is 7.42. The third kappa shape index (κ3) is 24.6. The predicted molar refractivity (Wildman–Crippen MR) is 201 cm³/mol. The lowest BCUT2D eigenvalue weighted by atomic mass is 10.1. The summed E-state index contributed by atoms with van der Waals surface area (Å²) in [7, 11) is -1.53. The van der Waals surface area contributed by atoms with Gasteiger partial charge in [-0.3, -0.25) is 14.4 Å². The first kappa shape index (κ1) is 46.1. The second kappa shape index (κ2) is 33.5. The molecule has 5 N–H and O–H groups in total. The van der Waals surface area contributed by atoms with Gasteiger partial charge in [-0.1, -0.05) is 114 Å². The van der Waals surface area contributed by atoms with E-state index in [9.17, 15) is 14.4 Å². The Hall–Kier alpha value is -3.37. The Morgan fingerprint density at radius 1 is 1.02 bits per heavy atom. The molecule has 45 heavy (non-hydrogen) atoms. The molecule has 1 aliphatic heterocycles. The molecule has 0 saturated heterocycles. The summed E-state index contributed by atoms with van der Waals surface area (Å²) in [6, 6.07) is 13.8. The molecule has 3 rings (SSSR count). The maximum absolute atomic E-state index is 12.5. The Morgan fingerprint density at radius 2 is 1.62 bits per heavy atom.